The molecule has 1 aliphatic rings. The van der Waals surface area contributed by atoms with Crippen LogP contribution in [0.15, 0.2) is 0 Å². The molecule has 0 aromatic carbocycles. The fraction of sp³-hybridized carbons (Fsp3) is 0.917. The summed E-state index contributed by atoms with van der Waals surface area (Å²) in [6.07, 6.45) is 5.38. The number of nitrogens with one attached hydrogen (secondary N) is 1. The molecule has 2 nitrogen and oxygen atoms in total. The van der Waals surface area contributed by atoms with Crippen molar-refractivity contribution in [2.24, 2.45) is 11.8 Å². The van der Waals surface area contributed by atoms with Crippen LogP contribution in [0.5, 0.6) is 0 Å². The second-order valence-electron chi connectivity index (χ2n) is 4.69. The first kappa shape index (κ1) is 11.5. The van der Waals surface area contributed by atoms with Gasteiger partial charge in [0.15, 0.2) is 0 Å². The fourth-order valence-electron chi connectivity index (χ4n) is 2.29. The lowest BCUT2D eigenvalue weighted by molar-refractivity contribution is -0.122. The highest BCUT2D eigenvalue weighted by atomic mass is 16.1. The summed E-state index contributed by atoms with van der Waals surface area (Å²) in [5.74, 6) is 1.64. The minimum atomic E-state index is 0.235. The van der Waals surface area contributed by atoms with E-state index in [0.717, 1.165) is 12.3 Å². The first-order chi connectivity index (χ1) is 6.65. The van der Waals surface area contributed by atoms with E-state index in [1.165, 1.54) is 19.3 Å². The smallest absolute Gasteiger partial charge is 0.220 e. The van der Waals surface area contributed by atoms with E-state index in [1.807, 2.05) is 6.92 Å². The number of carbonyl (C=O) groups is 1. The van der Waals surface area contributed by atoms with Crippen LogP contribution in [-0.2, 0) is 4.79 Å². The Balaban J connectivity index is 2.39. The maximum absolute atomic E-state index is 11.5. The van der Waals surface area contributed by atoms with Gasteiger partial charge in [-0.05, 0) is 24.7 Å². The molecule has 0 radical (unpaired) electrons. The third-order valence-corrected chi connectivity index (χ3v) is 3.53. The van der Waals surface area contributed by atoms with Crippen LogP contribution in [-0.4, -0.2) is 11.9 Å². The van der Waals surface area contributed by atoms with Crippen molar-refractivity contribution in [1.82, 2.24) is 5.32 Å². The molecule has 0 spiro atoms. The van der Waals surface area contributed by atoms with E-state index in [9.17, 15) is 4.79 Å². The zero-order valence-electron chi connectivity index (χ0n) is 9.68. The topological polar surface area (TPSA) is 29.1 Å². The molecule has 1 aliphatic carbocycles. The van der Waals surface area contributed by atoms with Gasteiger partial charge in [0, 0.05) is 12.5 Å². The lowest BCUT2D eigenvalue weighted by Gasteiger charge is -2.34. The molecule has 1 rings (SSSR count). The van der Waals surface area contributed by atoms with Crippen molar-refractivity contribution in [3.8, 4) is 0 Å². The Bertz CT molecular complexity index is 191. The maximum Gasteiger partial charge on any atom is 0.220 e. The Morgan fingerprint density at radius 2 is 2.07 bits per heavy atom. The summed E-state index contributed by atoms with van der Waals surface area (Å²) in [5, 5.41) is 3.16. The zero-order chi connectivity index (χ0) is 10.6. The largest absolute Gasteiger partial charge is 0.353 e. The average Bonchev–Trinajstić information content (AvgIpc) is 2.13. The Kier molecular flexibility index (Phi) is 4.43. The maximum atomic E-state index is 11.5. The Morgan fingerprint density at radius 1 is 1.36 bits per heavy atom. The van der Waals surface area contributed by atoms with E-state index in [0.29, 0.717) is 18.4 Å². The summed E-state index contributed by atoms with van der Waals surface area (Å²) >= 11 is 0. The van der Waals surface area contributed by atoms with E-state index < -0.39 is 0 Å². The average molecular weight is 197 g/mol. The first-order valence-corrected chi connectivity index (χ1v) is 5.94. The van der Waals surface area contributed by atoms with Crippen LogP contribution in [0.25, 0.3) is 0 Å². The summed E-state index contributed by atoms with van der Waals surface area (Å²) in [5.41, 5.74) is 0. The third-order valence-electron chi connectivity index (χ3n) is 3.53. The van der Waals surface area contributed by atoms with Crippen molar-refractivity contribution in [3.05, 3.63) is 0 Å². The summed E-state index contributed by atoms with van der Waals surface area (Å²) in [4.78, 5) is 11.5. The molecule has 14 heavy (non-hydrogen) atoms. The van der Waals surface area contributed by atoms with Crippen LogP contribution in [0.3, 0.4) is 0 Å². The van der Waals surface area contributed by atoms with E-state index >= 15 is 0 Å². The lowest BCUT2D eigenvalue weighted by Crippen LogP contribution is -2.43. The van der Waals surface area contributed by atoms with Crippen LogP contribution in [0, 0.1) is 11.8 Å². The van der Waals surface area contributed by atoms with Gasteiger partial charge in [0.05, 0.1) is 0 Å². The van der Waals surface area contributed by atoms with Gasteiger partial charge in [0.1, 0.15) is 0 Å². The molecule has 82 valence electrons. The normalized spacial score (nSPS) is 32.6. The van der Waals surface area contributed by atoms with Crippen LogP contribution in [0.4, 0.5) is 0 Å². The van der Waals surface area contributed by atoms with Gasteiger partial charge in [-0.3, -0.25) is 4.79 Å². The van der Waals surface area contributed by atoms with Gasteiger partial charge < -0.3 is 5.32 Å². The van der Waals surface area contributed by atoms with Gasteiger partial charge in [0.2, 0.25) is 5.91 Å². The van der Waals surface area contributed by atoms with Crippen molar-refractivity contribution >= 4 is 5.91 Å². The van der Waals surface area contributed by atoms with Gasteiger partial charge >= 0.3 is 0 Å². The van der Waals surface area contributed by atoms with Crippen molar-refractivity contribution in [1.29, 1.82) is 0 Å². The van der Waals surface area contributed by atoms with Crippen molar-refractivity contribution in [3.63, 3.8) is 0 Å². The van der Waals surface area contributed by atoms with E-state index in [4.69, 9.17) is 0 Å². The SMILES string of the molecule is CCCC(=O)N[C@H]1CCC[C@@H](C)[C@@H]1C. The number of amides is 1. The highest BCUT2D eigenvalue weighted by Gasteiger charge is 2.27. The number of hydrogen-bond donors (Lipinski definition) is 1. The van der Waals surface area contributed by atoms with Gasteiger partial charge in [-0.2, -0.15) is 0 Å². The minimum absolute atomic E-state index is 0.235. The van der Waals surface area contributed by atoms with Crippen molar-refractivity contribution in [2.45, 2.75) is 58.9 Å². The molecule has 0 aromatic heterocycles. The molecule has 1 amide bonds. The van der Waals surface area contributed by atoms with Crippen LogP contribution >= 0.6 is 0 Å². The molecule has 0 aliphatic heterocycles. The molecule has 2 heteroatoms. The van der Waals surface area contributed by atoms with E-state index in [2.05, 4.69) is 19.2 Å². The molecule has 0 heterocycles. The predicted molar refractivity (Wildman–Crippen MR) is 59.0 cm³/mol. The van der Waals surface area contributed by atoms with Gasteiger partial charge in [-0.15, -0.1) is 0 Å². The number of carbonyl (C=O) groups excluding carboxylic acids is 1. The quantitative estimate of drug-likeness (QED) is 0.740. The minimum Gasteiger partial charge on any atom is -0.353 e. The predicted octanol–water partition coefficient (Wildman–Crippen LogP) is 2.73. The number of rotatable bonds is 3. The summed E-state index contributed by atoms with van der Waals surface area (Å²) in [7, 11) is 0. The standard InChI is InChI=1S/C12H23NO/c1-4-6-12(14)13-11-8-5-7-9(2)10(11)3/h9-11H,4-8H2,1-3H3,(H,13,14)/t9-,10+,11+/m1/s1. The Morgan fingerprint density at radius 3 is 2.71 bits per heavy atom. The molecule has 1 saturated carbocycles. The molecule has 0 saturated heterocycles. The molecule has 3 atom stereocenters. The molecule has 1 fully saturated rings. The Hall–Kier alpha value is -0.530. The highest BCUT2D eigenvalue weighted by molar-refractivity contribution is 5.76. The fourth-order valence-corrected chi connectivity index (χ4v) is 2.29. The summed E-state index contributed by atoms with van der Waals surface area (Å²) in [6.45, 7) is 6.61. The monoisotopic (exact) mass is 197 g/mol. The third kappa shape index (κ3) is 3.00. The Labute approximate surface area is 87.5 Å². The zero-order valence-corrected chi connectivity index (χ0v) is 9.68. The van der Waals surface area contributed by atoms with Gasteiger partial charge in [0.25, 0.3) is 0 Å². The van der Waals surface area contributed by atoms with Crippen LogP contribution in [0.2, 0.25) is 0 Å². The number of hydrogen-bond acceptors (Lipinski definition) is 1. The molecule has 0 bridgehead atoms. The molecular formula is C12H23NO. The van der Waals surface area contributed by atoms with Crippen LogP contribution in [0.1, 0.15) is 52.9 Å². The van der Waals surface area contributed by atoms with E-state index in [-0.39, 0.29) is 5.91 Å². The van der Waals surface area contributed by atoms with Crippen molar-refractivity contribution < 1.29 is 4.79 Å². The molecule has 0 unspecified atom stereocenters. The lowest BCUT2D eigenvalue weighted by atomic mass is 9.78. The van der Waals surface area contributed by atoms with Gasteiger partial charge in [-0.1, -0.05) is 33.6 Å². The molecular weight excluding hydrogens is 174 g/mol. The second kappa shape index (κ2) is 5.38. The molecule has 0 aromatic rings. The first-order valence-electron chi connectivity index (χ1n) is 5.94. The van der Waals surface area contributed by atoms with Crippen LogP contribution < -0.4 is 5.32 Å². The summed E-state index contributed by atoms with van der Waals surface area (Å²) < 4.78 is 0. The molecule has 1 N–H and O–H groups in total. The van der Waals surface area contributed by atoms with Crippen molar-refractivity contribution in [2.75, 3.05) is 0 Å². The highest BCUT2D eigenvalue weighted by Crippen LogP contribution is 2.29. The second-order valence-corrected chi connectivity index (χ2v) is 4.69. The summed E-state index contributed by atoms with van der Waals surface area (Å²) in [6, 6.07) is 0.429. The van der Waals surface area contributed by atoms with E-state index in [1.54, 1.807) is 0 Å². The van der Waals surface area contributed by atoms with Gasteiger partial charge in [-0.25, -0.2) is 0 Å².